The molecular weight excluding hydrogens is 503 g/mol. The number of carbonyl (C=O) groups excluding carboxylic acids is 2. The van der Waals surface area contributed by atoms with Crippen molar-refractivity contribution in [3.05, 3.63) is 48.0 Å². The van der Waals surface area contributed by atoms with Gasteiger partial charge in [0.25, 0.3) is 0 Å². The van der Waals surface area contributed by atoms with Crippen LogP contribution in [-0.4, -0.2) is 73.3 Å². The van der Waals surface area contributed by atoms with Gasteiger partial charge in [0, 0.05) is 68.3 Å². The van der Waals surface area contributed by atoms with Crippen LogP contribution in [0.1, 0.15) is 62.7 Å². The second kappa shape index (κ2) is 10.7. The minimum Gasteiger partial charge on any atom is -0.475 e. The predicted molar refractivity (Wildman–Crippen MR) is 130 cm³/mol. The van der Waals surface area contributed by atoms with Gasteiger partial charge in [-0.2, -0.15) is 18.3 Å². The van der Waals surface area contributed by atoms with Gasteiger partial charge in [-0.3, -0.25) is 19.3 Å². The van der Waals surface area contributed by atoms with E-state index < -0.39 is 17.6 Å². The number of pyridine rings is 1. The van der Waals surface area contributed by atoms with E-state index in [1.54, 1.807) is 12.4 Å². The summed E-state index contributed by atoms with van der Waals surface area (Å²) < 4.78 is 33.8. The van der Waals surface area contributed by atoms with Gasteiger partial charge in [-0.05, 0) is 63.3 Å². The molecule has 3 aliphatic rings. The molecule has 0 unspecified atom stereocenters. The molecule has 2 aromatic rings. The Kier molecular flexibility index (Phi) is 7.80. The Morgan fingerprint density at radius 2 is 1.82 bits per heavy atom. The molecule has 12 heteroatoms. The molecule has 38 heavy (non-hydrogen) atoms. The minimum atomic E-state index is -5.08. The highest BCUT2D eigenvalue weighted by molar-refractivity contribution is 5.88. The number of likely N-dealkylation sites (tertiary alicyclic amines) is 2. The molecule has 3 fully saturated rings. The Morgan fingerprint density at radius 3 is 2.39 bits per heavy atom. The molecular formula is C26H32F3N5O4. The average molecular weight is 536 g/mol. The molecule has 206 valence electrons. The highest BCUT2D eigenvalue weighted by atomic mass is 19.4. The zero-order valence-electron chi connectivity index (χ0n) is 21.4. The van der Waals surface area contributed by atoms with Crippen LogP contribution < -0.4 is 0 Å². The number of nitrogens with zero attached hydrogens (tertiary/aromatic N) is 5. The number of halogens is 3. The van der Waals surface area contributed by atoms with Crippen molar-refractivity contribution in [3.8, 4) is 0 Å². The molecule has 1 N–H and O–H groups in total. The first kappa shape index (κ1) is 27.6. The maximum absolute atomic E-state index is 14.0. The number of carboxylic acid groups (broad SMARTS) is 1. The van der Waals surface area contributed by atoms with Crippen LogP contribution in [-0.2, 0) is 20.9 Å². The summed E-state index contributed by atoms with van der Waals surface area (Å²) in [7, 11) is 0. The van der Waals surface area contributed by atoms with Crippen molar-refractivity contribution in [1.82, 2.24) is 24.6 Å². The number of alkyl halides is 3. The smallest absolute Gasteiger partial charge is 0.475 e. The third-order valence-corrected chi connectivity index (χ3v) is 7.46. The first-order chi connectivity index (χ1) is 17.9. The fraction of sp³-hybridized carbons (Fsp3) is 0.577. The van der Waals surface area contributed by atoms with Gasteiger partial charge in [-0.25, -0.2) is 4.79 Å². The van der Waals surface area contributed by atoms with Crippen molar-refractivity contribution >= 4 is 17.8 Å². The molecule has 2 saturated heterocycles. The van der Waals surface area contributed by atoms with Crippen molar-refractivity contribution in [3.63, 3.8) is 0 Å². The number of carboxylic acids is 1. The Labute approximate surface area is 218 Å². The van der Waals surface area contributed by atoms with Crippen LogP contribution in [0, 0.1) is 11.3 Å². The zero-order valence-corrected chi connectivity index (χ0v) is 21.4. The quantitative estimate of drug-likeness (QED) is 0.626. The summed E-state index contributed by atoms with van der Waals surface area (Å²) in [4.78, 5) is 44.0. The van der Waals surface area contributed by atoms with Crippen molar-refractivity contribution in [1.29, 1.82) is 0 Å². The Balaban J connectivity index is 0.000000426. The van der Waals surface area contributed by atoms with Gasteiger partial charge >= 0.3 is 12.1 Å². The van der Waals surface area contributed by atoms with Crippen LogP contribution in [0.25, 0.3) is 0 Å². The fourth-order valence-corrected chi connectivity index (χ4v) is 5.51. The summed E-state index contributed by atoms with van der Waals surface area (Å²) >= 11 is 0. The molecule has 0 radical (unpaired) electrons. The van der Waals surface area contributed by atoms with Crippen LogP contribution >= 0.6 is 0 Å². The Morgan fingerprint density at radius 1 is 1.16 bits per heavy atom. The minimum absolute atomic E-state index is 0.0205. The summed E-state index contributed by atoms with van der Waals surface area (Å²) in [6.45, 7) is 6.73. The molecule has 2 aromatic heterocycles. The first-order valence-electron chi connectivity index (χ1n) is 12.7. The number of hydrogen-bond donors (Lipinski definition) is 1. The lowest BCUT2D eigenvalue weighted by Gasteiger charge is -2.42. The average Bonchev–Trinajstić information content (AvgIpc) is 3.47. The maximum atomic E-state index is 14.0. The van der Waals surface area contributed by atoms with E-state index in [9.17, 15) is 22.8 Å². The number of piperidine rings is 1. The highest BCUT2D eigenvalue weighted by Crippen LogP contribution is 2.51. The van der Waals surface area contributed by atoms with E-state index in [-0.39, 0.29) is 29.7 Å². The molecule has 0 aromatic carbocycles. The first-order valence-corrected chi connectivity index (χ1v) is 12.7. The van der Waals surface area contributed by atoms with Crippen molar-refractivity contribution in [2.75, 3.05) is 19.6 Å². The predicted octanol–water partition coefficient (Wildman–Crippen LogP) is 3.64. The van der Waals surface area contributed by atoms with Crippen molar-refractivity contribution in [2.24, 2.45) is 11.3 Å². The molecule has 0 bridgehead atoms. The number of amides is 2. The standard InChI is InChI=1S/C24H31N5O2.C2HF3O2/c1-17(2)29-21(8-12-26-29)20-15-28(22(30)19-4-5-19)16-24(20)9-3-13-27(23(24)31)14-18-6-10-25-11-7-18;3-2(4,5)1(6)7/h6-8,10-12,17,19-20H,3-5,9,13-16H2,1-2H3;(H,6,7)/t20-,24+;/m0./s1. The highest BCUT2D eigenvalue weighted by Gasteiger charge is 2.57. The monoisotopic (exact) mass is 535 g/mol. The Bertz CT molecular complexity index is 1170. The summed E-state index contributed by atoms with van der Waals surface area (Å²) in [6, 6.07) is 6.20. The molecule has 2 amide bonds. The zero-order chi connectivity index (χ0) is 27.7. The van der Waals surface area contributed by atoms with E-state index in [0.717, 1.165) is 43.5 Å². The molecule has 2 aliphatic heterocycles. The molecule has 4 heterocycles. The number of rotatable bonds is 5. The maximum Gasteiger partial charge on any atom is 0.490 e. The molecule has 5 rings (SSSR count). The number of aromatic nitrogens is 3. The van der Waals surface area contributed by atoms with E-state index in [4.69, 9.17) is 9.90 Å². The lowest BCUT2D eigenvalue weighted by Crippen LogP contribution is -2.52. The van der Waals surface area contributed by atoms with Gasteiger partial charge in [-0.15, -0.1) is 0 Å². The van der Waals surface area contributed by atoms with Crippen molar-refractivity contribution in [2.45, 2.75) is 64.2 Å². The van der Waals surface area contributed by atoms with Crippen LogP contribution in [0.3, 0.4) is 0 Å². The topological polar surface area (TPSA) is 109 Å². The second-order valence-corrected chi connectivity index (χ2v) is 10.5. The van der Waals surface area contributed by atoms with E-state index in [2.05, 4.69) is 23.9 Å². The van der Waals surface area contributed by atoms with Gasteiger partial charge in [0.1, 0.15) is 0 Å². The Hall–Kier alpha value is -3.44. The van der Waals surface area contributed by atoms with Crippen LogP contribution in [0.4, 0.5) is 13.2 Å². The summed E-state index contributed by atoms with van der Waals surface area (Å²) in [5.74, 6) is -2.20. The lowest BCUT2D eigenvalue weighted by atomic mass is 9.70. The molecule has 2 atom stereocenters. The number of carbonyl (C=O) groups is 3. The van der Waals surface area contributed by atoms with E-state index >= 15 is 0 Å². The van der Waals surface area contributed by atoms with Gasteiger partial charge < -0.3 is 14.9 Å². The number of hydrogen-bond acceptors (Lipinski definition) is 5. The van der Waals surface area contributed by atoms with Crippen LogP contribution in [0.5, 0.6) is 0 Å². The SMILES string of the molecule is CC(C)n1nccc1[C@@H]1CN(C(=O)C2CC2)C[C@]12CCCN(Cc1ccncc1)C2=O.O=C(O)C(F)(F)F. The van der Waals surface area contributed by atoms with Crippen LogP contribution in [0.2, 0.25) is 0 Å². The van der Waals surface area contributed by atoms with Gasteiger partial charge in [0.15, 0.2) is 0 Å². The van der Waals surface area contributed by atoms with Crippen molar-refractivity contribution < 1.29 is 32.7 Å². The molecule has 1 aliphatic carbocycles. The molecule has 9 nitrogen and oxygen atoms in total. The summed E-state index contributed by atoms with van der Waals surface area (Å²) in [5.41, 5.74) is 1.61. The third-order valence-electron chi connectivity index (χ3n) is 7.46. The third kappa shape index (κ3) is 5.68. The van der Waals surface area contributed by atoms with Gasteiger partial charge in [0.05, 0.1) is 5.41 Å². The normalized spacial score (nSPS) is 23.5. The summed E-state index contributed by atoms with van der Waals surface area (Å²) in [6.07, 6.45) is 4.04. The molecule has 1 saturated carbocycles. The fourth-order valence-electron chi connectivity index (χ4n) is 5.51. The number of aliphatic carboxylic acids is 1. The van der Waals surface area contributed by atoms with Gasteiger partial charge in [-0.1, -0.05) is 0 Å². The molecule has 1 spiro atoms. The van der Waals surface area contributed by atoms with E-state index in [1.165, 1.54) is 0 Å². The lowest BCUT2D eigenvalue weighted by molar-refractivity contribution is -0.192. The summed E-state index contributed by atoms with van der Waals surface area (Å²) in [5, 5.41) is 11.7. The van der Waals surface area contributed by atoms with Gasteiger partial charge in [0.2, 0.25) is 11.8 Å². The van der Waals surface area contributed by atoms with Crippen LogP contribution in [0.15, 0.2) is 36.8 Å². The second-order valence-electron chi connectivity index (χ2n) is 10.5. The van der Waals surface area contributed by atoms with E-state index in [0.29, 0.717) is 19.6 Å². The largest absolute Gasteiger partial charge is 0.490 e. The van der Waals surface area contributed by atoms with E-state index in [1.807, 2.05) is 38.9 Å².